The lowest BCUT2D eigenvalue weighted by Crippen LogP contribution is -2.51. The second-order valence-electron chi connectivity index (χ2n) is 7.90. The maximum absolute atomic E-state index is 15.0. The van der Waals surface area contributed by atoms with E-state index < -0.39 is 23.9 Å². The summed E-state index contributed by atoms with van der Waals surface area (Å²) in [5.74, 6) is -3.66. The van der Waals surface area contributed by atoms with E-state index >= 15 is 0 Å². The Kier molecular flexibility index (Phi) is 4.18. The van der Waals surface area contributed by atoms with Gasteiger partial charge >= 0.3 is 0 Å². The number of hydrogen-bond acceptors (Lipinski definition) is 6. The molecule has 0 saturated carbocycles. The lowest BCUT2D eigenvalue weighted by Gasteiger charge is -2.36. The zero-order valence-corrected chi connectivity index (χ0v) is 16.1. The van der Waals surface area contributed by atoms with Gasteiger partial charge < -0.3 is 20.1 Å². The van der Waals surface area contributed by atoms with E-state index in [1.54, 1.807) is 11.0 Å². The van der Waals surface area contributed by atoms with Crippen molar-refractivity contribution >= 4 is 11.9 Å². The molecule has 1 fully saturated rings. The number of carbonyl (C=O) groups excluding carboxylic acids is 1. The predicted octanol–water partition coefficient (Wildman–Crippen LogP) is 2.07. The molecule has 1 saturated heterocycles. The normalized spacial score (nSPS) is 21.6. The highest BCUT2D eigenvalue weighted by atomic mass is 19.3. The van der Waals surface area contributed by atoms with Gasteiger partial charge in [-0.25, -0.2) is 14.4 Å². The summed E-state index contributed by atoms with van der Waals surface area (Å²) in [5.41, 5.74) is 0.730. The summed E-state index contributed by atoms with van der Waals surface area (Å²) in [6.45, 7) is 1.93. The Morgan fingerprint density at radius 3 is 2.80 bits per heavy atom. The van der Waals surface area contributed by atoms with Crippen molar-refractivity contribution in [1.29, 1.82) is 0 Å². The van der Waals surface area contributed by atoms with Crippen LogP contribution >= 0.6 is 0 Å². The Balaban J connectivity index is 1.61. The molecule has 10 heteroatoms. The molecule has 3 aliphatic rings. The van der Waals surface area contributed by atoms with E-state index in [2.05, 4.69) is 15.3 Å². The number of nitrogens with one attached hydrogen (secondary N) is 1. The van der Waals surface area contributed by atoms with Gasteiger partial charge in [0.25, 0.3) is 5.92 Å². The first-order valence-corrected chi connectivity index (χ1v) is 9.69. The molecular weight excluding hydrogens is 401 g/mol. The standard InChI is InChI=1S/C20H19F3N4O3/c1-9(28)24-14-8-30-15-5-10(4-13(21)16(14)15)17-12-2-3-20(22,23)18(12)26-19(25-17)27-6-11(29)7-27/h4-5,11,14,29H,2-3,6-8H2,1H3,(H,24,28). The Labute approximate surface area is 169 Å². The number of hydrogen-bond donors (Lipinski definition) is 2. The molecule has 1 aromatic heterocycles. The minimum atomic E-state index is -3.09. The molecule has 2 N–H and O–H groups in total. The molecule has 1 unspecified atom stereocenters. The molecular formula is C20H19F3N4O3. The monoisotopic (exact) mass is 420 g/mol. The van der Waals surface area contributed by atoms with Crippen molar-refractivity contribution in [3.8, 4) is 17.0 Å². The first kappa shape index (κ1) is 19.1. The fourth-order valence-electron chi connectivity index (χ4n) is 4.21. The minimum absolute atomic E-state index is 0.0780. The molecule has 30 heavy (non-hydrogen) atoms. The van der Waals surface area contributed by atoms with Gasteiger partial charge in [-0.05, 0) is 18.6 Å². The van der Waals surface area contributed by atoms with E-state index in [-0.39, 0.29) is 67.1 Å². The van der Waals surface area contributed by atoms with E-state index in [9.17, 15) is 23.1 Å². The molecule has 0 spiro atoms. The van der Waals surface area contributed by atoms with Gasteiger partial charge in [-0.15, -0.1) is 0 Å². The van der Waals surface area contributed by atoms with Gasteiger partial charge in [0.2, 0.25) is 11.9 Å². The zero-order valence-electron chi connectivity index (χ0n) is 16.1. The number of carbonyl (C=O) groups is 1. The summed E-state index contributed by atoms with van der Waals surface area (Å²) < 4.78 is 49.4. The fraction of sp³-hybridized carbons (Fsp3) is 0.450. The fourth-order valence-corrected chi connectivity index (χ4v) is 4.21. The summed E-state index contributed by atoms with van der Waals surface area (Å²) in [7, 11) is 0. The number of ether oxygens (including phenoxy) is 1. The molecule has 2 aromatic rings. The first-order chi connectivity index (χ1) is 14.2. The Morgan fingerprint density at radius 1 is 1.33 bits per heavy atom. The van der Waals surface area contributed by atoms with Crippen molar-refractivity contribution in [3.05, 3.63) is 34.8 Å². The van der Waals surface area contributed by atoms with Gasteiger partial charge in [0, 0.05) is 37.6 Å². The summed E-state index contributed by atoms with van der Waals surface area (Å²) in [6, 6.07) is 2.19. The topological polar surface area (TPSA) is 87.6 Å². The van der Waals surface area contributed by atoms with E-state index in [4.69, 9.17) is 4.74 Å². The van der Waals surface area contributed by atoms with Crippen LogP contribution in [0.4, 0.5) is 19.1 Å². The lowest BCUT2D eigenvalue weighted by molar-refractivity contribution is -0.119. The molecule has 7 nitrogen and oxygen atoms in total. The van der Waals surface area contributed by atoms with Crippen LogP contribution in [0.5, 0.6) is 5.75 Å². The van der Waals surface area contributed by atoms with Gasteiger partial charge in [-0.2, -0.15) is 8.78 Å². The number of amides is 1. The van der Waals surface area contributed by atoms with Crippen LogP contribution in [0.1, 0.15) is 36.2 Å². The van der Waals surface area contributed by atoms with Crippen molar-refractivity contribution in [2.75, 3.05) is 24.6 Å². The SMILES string of the molecule is CC(=O)NC1COc2cc(-c3nc(N4CC(O)C4)nc4c3CCC4(F)F)cc(F)c21. The minimum Gasteiger partial charge on any atom is -0.491 e. The second kappa shape index (κ2) is 6.56. The smallest absolute Gasteiger partial charge is 0.290 e. The van der Waals surface area contributed by atoms with Crippen LogP contribution in [0.25, 0.3) is 11.3 Å². The average Bonchev–Trinajstić information content (AvgIpc) is 3.19. The molecule has 3 heterocycles. The van der Waals surface area contributed by atoms with Crippen LogP contribution in [-0.4, -0.2) is 46.8 Å². The van der Waals surface area contributed by atoms with Crippen LogP contribution in [0, 0.1) is 5.82 Å². The average molecular weight is 420 g/mol. The summed E-state index contributed by atoms with van der Waals surface area (Å²) in [5, 5.41) is 12.2. The molecule has 0 radical (unpaired) electrons. The number of rotatable bonds is 3. The molecule has 0 bridgehead atoms. The van der Waals surface area contributed by atoms with Crippen LogP contribution < -0.4 is 15.0 Å². The number of nitrogens with zero attached hydrogens (tertiary/aromatic N) is 3. The van der Waals surface area contributed by atoms with Crippen molar-refractivity contribution in [2.24, 2.45) is 0 Å². The number of β-amino-alcohol motifs (C(OH)–C–C–N with tert-alkyl or cyclic N) is 1. The molecule has 158 valence electrons. The largest absolute Gasteiger partial charge is 0.491 e. The Morgan fingerprint density at radius 2 is 2.10 bits per heavy atom. The number of halogens is 3. The predicted molar refractivity (Wildman–Crippen MR) is 99.9 cm³/mol. The number of benzene rings is 1. The maximum atomic E-state index is 15.0. The quantitative estimate of drug-likeness (QED) is 0.791. The van der Waals surface area contributed by atoms with Gasteiger partial charge in [-0.3, -0.25) is 4.79 Å². The number of alkyl halides is 2. The van der Waals surface area contributed by atoms with Crippen molar-refractivity contribution in [1.82, 2.24) is 15.3 Å². The molecule has 1 aromatic carbocycles. The van der Waals surface area contributed by atoms with Crippen LogP contribution in [0.3, 0.4) is 0 Å². The second-order valence-corrected chi connectivity index (χ2v) is 7.90. The third kappa shape index (κ3) is 2.97. The molecule has 1 atom stereocenters. The number of anilines is 1. The third-order valence-corrected chi connectivity index (χ3v) is 5.67. The van der Waals surface area contributed by atoms with E-state index in [1.165, 1.54) is 13.0 Å². The lowest BCUT2D eigenvalue weighted by atomic mass is 10.00. The molecule has 1 amide bonds. The van der Waals surface area contributed by atoms with Crippen molar-refractivity contribution < 1.29 is 27.8 Å². The molecule has 2 aliphatic heterocycles. The van der Waals surface area contributed by atoms with Crippen LogP contribution in [0.15, 0.2) is 12.1 Å². The van der Waals surface area contributed by atoms with Crippen LogP contribution in [0.2, 0.25) is 0 Å². The van der Waals surface area contributed by atoms with Gasteiger partial charge in [-0.1, -0.05) is 0 Å². The van der Waals surface area contributed by atoms with E-state index in [0.717, 1.165) is 0 Å². The highest BCUT2D eigenvalue weighted by Crippen LogP contribution is 2.46. The highest BCUT2D eigenvalue weighted by Gasteiger charge is 2.44. The molecule has 5 rings (SSSR count). The third-order valence-electron chi connectivity index (χ3n) is 5.67. The number of aliphatic hydroxyl groups excluding tert-OH is 1. The molecule has 1 aliphatic carbocycles. The Bertz CT molecular complexity index is 1060. The van der Waals surface area contributed by atoms with Crippen LogP contribution in [-0.2, 0) is 17.1 Å². The summed E-state index contributed by atoms with van der Waals surface area (Å²) in [4.78, 5) is 21.5. The zero-order chi connectivity index (χ0) is 21.2. The first-order valence-electron chi connectivity index (χ1n) is 9.69. The van der Waals surface area contributed by atoms with Crippen molar-refractivity contribution in [2.45, 2.75) is 37.8 Å². The highest BCUT2D eigenvalue weighted by molar-refractivity contribution is 5.74. The maximum Gasteiger partial charge on any atom is 0.290 e. The number of fused-ring (bicyclic) bond motifs is 2. The van der Waals surface area contributed by atoms with Crippen molar-refractivity contribution in [3.63, 3.8) is 0 Å². The summed E-state index contributed by atoms with van der Waals surface area (Å²) in [6.07, 6.45) is -0.860. The Hall–Kier alpha value is -2.88. The van der Waals surface area contributed by atoms with Gasteiger partial charge in [0.05, 0.1) is 23.4 Å². The van der Waals surface area contributed by atoms with E-state index in [0.29, 0.717) is 11.1 Å². The van der Waals surface area contributed by atoms with Gasteiger partial charge in [0.15, 0.2) is 0 Å². The summed E-state index contributed by atoms with van der Waals surface area (Å²) >= 11 is 0. The van der Waals surface area contributed by atoms with E-state index in [1.807, 2.05) is 0 Å². The van der Waals surface area contributed by atoms with Gasteiger partial charge in [0.1, 0.15) is 23.9 Å². The number of aliphatic hydroxyl groups is 1. The number of aromatic nitrogens is 2.